The predicted molar refractivity (Wildman–Crippen MR) is 72.9 cm³/mol. The van der Waals surface area contributed by atoms with E-state index < -0.39 is 0 Å². The molecule has 2 heterocycles. The lowest BCUT2D eigenvalue weighted by Gasteiger charge is -2.07. The minimum atomic E-state index is -0.232. The van der Waals surface area contributed by atoms with Crippen molar-refractivity contribution in [2.45, 2.75) is 26.8 Å². The zero-order valence-electron chi connectivity index (χ0n) is 11.3. The van der Waals surface area contributed by atoms with Crippen molar-refractivity contribution in [1.29, 1.82) is 0 Å². The van der Waals surface area contributed by atoms with Crippen LogP contribution >= 0.6 is 0 Å². The van der Waals surface area contributed by atoms with Crippen molar-refractivity contribution < 1.29 is 4.79 Å². The summed E-state index contributed by atoms with van der Waals surface area (Å²) < 4.78 is 3.21. The Morgan fingerprint density at radius 3 is 2.74 bits per heavy atom. The molecule has 2 aromatic heterocycles. The number of aromatic nitrogens is 4. The summed E-state index contributed by atoms with van der Waals surface area (Å²) in [5.41, 5.74) is 7.61. The van der Waals surface area contributed by atoms with Gasteiger partial charge in [0.05, 0.1) is 17.6 Å². The Kier molecular flexibility index (Phi) is 3.55. The van der Waals surface area contributed by atoms with E-state index in [4.69, 9.17) is 5.73 Å². The van der Waals surface area contributed by atoms with Gasteiger partial charge in [-0.05, 0) is 19.4 Å². The van der Waals surface area contributed by atoms with Crippen molar-refractivity contribution in [3.63, 3.8) is 0 Å². The van der Waals surface area contributed by atoms with Crippen molar-refractivity contribution >= 4 is 17.4 Å². The molecule has 0 aromatic carbocycles. The second-order valence-corrected chi connectivity index (χ2v) is 4.22. The Morgan fingerprint density at radius 1 is 1.47 bits per heavy atom. The summed E-state index contributed by atoms with van der Waals surface area (Å²) in [6.45, 7) is 4.59. The van der Waals surface area contributed by atoms with Crippen LogP contribution in [-0.4, -0.2) is 25.5 Å². The van der Waals surface area contributed by atoms with Crippen LogP contribution in [0.25, 0.3) is 0 Å². The van der Waals surface area contributed by atoms with Gasteiger partial charge in [0.2, 0.25) is 0 Å². The average Bonchev–Trinajstić information content (AvgIpc) is 2.96. The van der Waals surface area contributed by atoms with Crippen molar-refractivity contribution in [3.05, 3.63) is 23.7 Å². The van der Waals surface area contributed by atoms with Crippen LogP contribution < -0.4 is 11.1 Å². The van der Waals surface area contributed by atoms with Gasteiger partial charge < -0.3 is 11.1 Å². The molecule has 0 aliphatic rings. The van der Waals surface area contributed by atoms with Gasteiger partial charge >= 0.3 is 0 Å². The van der Waals surface area contributed by atoms with Crippen LogP contribution in [0, 0.1) is 0 Å². The SMILES string of the molecule is CCc1cc(C(=O)Nc2c(N)cnn2C)n(CC)n1. The second kappa shape index (κ2) is 5.13. The van der Waals surface area contributed by atoms with Gasteiger partial charge in [-0.2, -0.15) is 10.2 Å². The monoisotopic (exact) mass is 262 g/mol. The van der Waals surface area contributed by atoms with Crippen LogP contribution in [0.1, 0.15) is 30.0 Å². The van der Waals surface area contributed by atoms with Gasteiger partial charge in [-0.1, -0.05) is 6.92 Å². The van der Waals surface area contributed by atoms with Crippen LogP contribution in [0.3, 0.4) is 0 Å². The lowest BCUT2D eigenvalue weighted by Crippen LogP contribution is -2.19. The number of carbonyl (C=O) groups excluding carboxylic acids is 1. The normalized spacial score (nSPS) is 10.7. The summed E-state index contributed by atoms with van der Waals surface area (Å²) in [6, 6.07) is 1.80. The molecular formula is C12H18N6O. The van der Waals surface area contributed by atoms with E-state index in [-0.39, 0.29) is 5.91 Å². The van der Waals surface area contributed by atoms with Gasteiger partial charge in [0.15, 0.2) is 5.82 Å². The Labute approximate surface area is 111 Å². The first-order valence-corrected chi connectivity index (χ1v) is 6.22. The number of amides is 1. The standard InChI is InChI=1S/C12H18N6O/c1-4-8-6-10(18(5-2)16-8)12(19)15-11-9(13)7-14-17(11)3/h6-7H,4-5,13H2,1-3H3,(H,15,19). The van der Waals surface area contributed by atoms with E-state index in [2.05, 4.69) is 15.5 Å². The van der Waals surface area contributed by atoms with Crippen molar-refractivity contribution in [2.75, 3.05) is 11.1 Å². The van der Waals surface area contributed by atoms with Gasteiger partial charge in [0, 0.05) is 13.6 Å². The molecule has 3 N–H and O–H groups in total. The largest absolute Gasteiger partial charge is 0.394 e. The average molecular weight is 262 g/mol. The number of hydrogen-bond donors (Lipinski definition) is 2. The maximum Gasteiger partial charge on any atom is 0.275 e. The topological polar surface area (TPSA) is 90.8 Å². The fraction of sp³-hybridized carbons (Fsp3) is 0.417. The molecule has 2 aromatic rings. The molecule has 7 heteroatoms. The zero-order chi connectivity index (χ0) is 14.0. The van der Waals surface area contributed by atoms with Crippen LogP contribution in [-0.2, 0) is 20.0 Å². The molecule has 0 bridgehead atoms. The smallest absolute Gasteiger partial charge is 0.275 e. The molecule has 0 unspecified atom stereocenters. The third-order valence-electron chi connectivity index (χ3n) is 2.92. The number of anilines is 2. The van der Waals surface area contributed by atoms with E-state index in [0.29, 0.717) is 23.7 Å². The molecule has 0 atom stereocenters. The van der Waals surface area contributed by atoms with E-state index in [9.17, 15) is 4.79 Å². The number of hydrogen-bond acceptors (Lipinski definition) is 4. The fourth-order valence-electron chi connectivity index (χ4n) is 1.85. The number of aryl methyl sites for hydroxylation is 3. The highest BCUT2D eigenvalue weighted by Gasteiger charge is 2.16. The summed E-state index contributed by atoms with van der Waals surface area (Å²) in [5.74, 6) is 0.260. The van der Waals surface area contributed by atoms with Crippen LogP contribution in [0.4, 0.5) is 11.5 Å². The number of carbonyl (C=O) groups is 1. The van der Waals surface area contributed by atoms with Crippen molar-refractivity contribution in [3.8, 4) is 0 Å². The first-order chi connectivity index (χ1) is 9.06. The zero-order valence-corrected chi connectivity index (χ0v) is 11.3. The lowest BCUT2D eigenvalue weighted by atomic mass is 10.3. The fourth-order valence-corrected chi connectivity index (χ4v) is 1.85. The molecule has 102 valence electrons. The molecule has 1 amide bonds. The maximum atomic E-state index is 12.3. The van der Waals surface area contributed by atoms with E-state index in [0.717, 1.165) is 12.1 Å². The van der Waals surface area contributed by atoms with Gasteiger partial charge in [-0.3, -0.25) is 14.2 Å². The molecule has 0 fully saturated rings. The van der Waals surface area contributed by atoms with Crippen LogP contribution in [0.2, 0.25) is 0 Å². The number of nitrogens with one attached hydrogen (secondary N) is 1. The van der Waals surface area contributed by atoms with Crippen molar-refractivity contribution in [1.82, 2.24) is 19.6 Å². The number of rotatable bonds is 4. The highest BCUT2D eigenvalue weighted by Crippen LogP contribution is 2.17. The van der Waals surface area contributed by atoms with Gasteiger partial charge in [-0.25, -0.2) is 0 Å². The Bertz CT molecular complexity index is 578. The molecule has 0 saturated carbocycles. The molecule has 19 heavy (non-hydrogen) atoms. The Balaban J connectivity index is 2.27. The number of nitrogens with zero attached hydrogens (tertiary/aromatic N) is 4. The second-order valence-electron chi connectivity index (χ2n) is 4.22. The van der Waals surface area contributed by atoms with E-state index in [1.54, 1.807) is 17.8 Å². The van der Waals surface area contributed by atoms with E-state index in [1.807, 2.05) is 13.8 Å². The summed E-state index contributed by atoms with van der Waals surface area (Å²) >= 11 is 0. The number of nitrogen functional groups attached to an aromatic ring is 1. The molecular weight excluding hydrogens is 244 g/mol. The molecule has 0 radical (unpaired) electrons. The maximum absolute atomic E-state index is 12.3. The minimum Gasteiger partial charge on any atom is -0.394 e. The first kappa shape index (κ1) is 13.1. The predicted octanol–water partition coefficient (Wildman–Crippen LogP) is 1.03. The Hall–Kier alpha value is -2.31. The Morgan fingerprint density at radius 2 is 2.21 bits per heavy atom. The molecule has 2 rings (SSSR count). The lowest BCUT2D eigenvalue weighted by molar-refractivity contribution is 0.101. The molecule has 7 nitrogen and oxygen atoms in total. The highest BCUT2D eigenvalue weighted by atomic mass is 16.2. The van der Waals surface area contributed by atoms with E-state index >= 15 is 0 Å². The molecule has 0 aliphatic heterocycles. The summed E-state index contributed by atoms with van der Waals surface area (Å²) in [5, 5.41) is 11.1. The third kappa shape index (κ3) is 2.44. The summed E-state index contributed by atoms with van der Waals surface area (Å²) in [6.07, 6.45) is 2.30. The molecule has 0 saturated heterocycles. The molecule has 0 aliphatic carbocycles. The van der Waals surface area contributed by atoms with E-state index in [1.165, 1.54) is 10.9 Å². The first-order valence-electron chi connectivity index (χ1n) is 6.22. The van der Waals surface area contributed by atoms with Gasteiger partial charge in [0.25, 0.3) is 5.91 Å². The highest BCUT2D eigenvalue weighted by molar-refractivity contribution is 6.04. The van der Waals surface area contributed by atoms with Gasteiger partial charge in [-0.15, -0.1) is 0 Å². The van der Waals surface area contributed by atoms with Gasteiger partial charge in [0.1, 0.15) is 5.69 Å². The number of nitrogens with two attached hydrogens (primary N) is 1. The quantitative estimate of drug-likeness (QED) is 0.861. The summed E-state index contributed by atoms with van der Waals surface area (Å²) in [4.78, 5) is 12.3. The van der Waals surface area contributed by atoms with Crippen LogP contribution in [0.5, 0.6) is 0 Å². The third-order valence-corrected chi connectivity index (χ3v) is 2.92. The molecule has 0 spiro atoms. The summed E-state index contributed by atoms with van der Waals surface area (Å²) in [7, 11) is 1.72. The van der Waals surface area contributed by atoms with Crippen LogP contribution in [0.15, 0.2) is 12.3 Å². The minimum absolute atomic E-state index is 0.232. The van der Waals surface area contributed by atoms with Crippen molar-refractivity contribution in [2.24, 2.45) is 7.05 Å².